The molecule has 0 aliphatic heterocycles. The van der Waals surface area contributed by atoms with Gasteiger partial charge in [-0.25, -0.2) is 0 Å². The van der Waals surface area contributed by atoms with Crippen LogP contribution in [0.3, 0.4) is 0 Å². The largest absolute Gasteiger partial charge is 0.265 e. The lowest BCUT2D eigenvalue weighted by molar-refractivity contribution is -0.445. The van der Waals surface area contributed by atoms with E-state index in [4.69, 9.17) is 10.1 Å². The molecule has 3 heteroatoms. The zero-order valence-electron chi connectivity index (χ0n) is 9.36. The number of hydrogen-bond donors (Lipinski definition) is 0. The summed E-state index contributed by atoms with van der Waals surface area (Å²) < 4.78 is 0. The van der Waals surface area contributed by atoms with E-state index in [0.29, 0.717) is 0 Å². The second-order valence-electron chi connectivity index (χ2n) is 2.28. The summed E-state index contributed by atoms with van der Waals surface area (Å²) in [4.78, 5) is 8.31. The number of hydrogen-bond acceptors (Lipinski definition) is 2. The van der Waals surface area contributed by atoms with E-state index in [2.05, 4.69) is 31.2 Å². The Morgan fingerprint density at radius 1 is 1.21 bits per heavy atom. The molecule has 1 aromatic rings. The summed E-state index contributed by atoms with van der Waals surface area (Å²) in [6, 6.07) is 10.5. The van der Waals surface area contributed by atoms with Crippen LogP contribution in [0.1, 0.15) is 26.3 Å². The second kappa shape index (κ2) is 11.6. The van der Waals surface area contributed by atoms with Gasteiger partial charge in [0.25, 0.3) is 0 Å². The molecule has 0 N–H and O–H groups in total. The van der Waals surface area contributed by atoms with Crippen molar-refractivity contribution in [3.63, 3.8) is 0 Å². The molecule has 1 rings (SSSR count). The van der Waals surface area contributed by atoms with Gasteiger partial charge in [-0.1, -0.05) is 51.1 Å². The van der Waals surface area contributed by atoms with Gasteiger partial charge >= 0.3 is 0 Å². The lowest BCUT2D eigenvalue weighted by Crippen LogP contribution is -1.79. The van der Waals surface area contributed by atoms with Crippen LogP contribution in [0.25, 0.3) is 0 Å². The molecule has 0 atom stereocenters. The molecule has 0 aliphatic rings. The van der Waals surface area contributed by atoms with Crippen LogP contribution in [0, 0.1) is 10.1 Å². The highest BCUT2D eigenvalue weighted by Crippen LogP contribution is 1.96. The van der Waals surface area contributed by atoms with E-state index in [1.54, 1.807) is 0 Å². The zero-order chi connectivity index (χ0) is 11.4. The third-order valence-electron chi connectivity index (χ3n) is 1.25. The van der Waals surface area contributed by atoms with Gasteiger partial charge in [-0.15, -0.1) is 0 Å². The van der Waals surface area contributed by atoms with E-state index in [-0.39, 0.29) is 0 Å². The molecule has 0 amide bonds. The molecule has 0 bridgehead atoms. The van der Waals surface area contributed by atoms with Gasteiger partial charge in [-0.3, -0.25) is 10.1 Å². The summed E-state index contributed by atoms with van der Waals surface area (Å²) in [5.74, 6) is 0. The zero-order valence-corrected chi connectivity index (χ0v) is 9.36. The quantitative estimate of drug-likeness (QED) is 0.512. The predicted octanol–water partition coefficient (Wildman–Crippen LogP) is 3.17. The summed E-state index contributed by atoms with van der Waals surface area (Å²) in [7, 11) is 0.889. The van der Waals surface area contributed by atoms with Crippen LogP contribution in [-0.2, 0) is 6.42 Å². The van der Waals surface area contributed by atoms with E-state index >= 15 is 0 Å². The lowest BCUT2D eigenvalue weighted by Gasteiger charge is -1.89. The topological polar surface area (TPSA) is 43.1 Å². The maximum absolute atomic E-state index is 8.81. The summed E-state index contributed by atoms with van der Waals surface area (Å²) in [5.41, 5.74) is 1.41. The van der Waals surface area contributed by atoms with Crippen molar-refractivity contribution in [1.29, 1.82) is 0 Å². The van der Waals surface area contributed by atoms with Gasteiger partial charge < -0.3 is 0 Å². The minimum Gasteiger partial charge on any atom is -0.265 e. The van der Waals surface area contributed by atoms with Crippen LogP contribution in [0.4, 0.5) is 0 Å². The Hall–Kier alpha value is -1.38. The molecule has 0 aliphatic carbocycles. The van der Waals surface area contributed by atoms with Gasteiger partial charge in [0, 0.05) is 4.92 Å². The van der Waals surface area contributed by atoms with Gasteiger partial charge in [0.2, 0.25) is 0 Å². The number of rotatable bonds is 1. The van der Waals surface area contributed by atoms with Crippen LogP contribution in [0.2, 0.25) is 0 Å². The van der Waals surface area contributed by atoms with Gasteiger partial charge in [0.1, 0.15) is 0 Å². The molecular formula is C11H19NO2. The lowest BCUT2D eigenvalue weighted by atomic mass is 10.2. The fourth-order valence-electron chi connectivity index (χ4n) is 0.714. The molecule has 0 aromatic heterocycles. The van der Waals surface area contributed by atoms with Gasteiger partial charge in [0.05, 0.1) is 0 Å². The Balaban J connectivity index is 0. The average Bonchev–Trinajstić information content (AvgIpc) is 2.21. The van der Waals surface area contributed by atoms with E-state index in [1.807, 2.05) is 19.9 Å². The molecule has 14 heavy (non-hydrogen) atoms. The summed E-state index contributed by atoms with van der Waals surface area (Å²) in [6.07, 6.45) is 1.14. The third-order valence-corrected chi connectivity index (χ3v) is 1.25. The van der Waals surface area contributed by atoms with Crippen molar-refractivity contribution in [2.75, 3.05) is 7.05 Å². The minimum absolute atomic E-state index is 0.500. The average molecular weight is 197 g/mol. The molecule has 3 nitrogen and oxygen atoms in total. The van der Waals surface area contributed by atoms with Gasteiger partial charge in [-0.05, 0) is 12.0 Å². The fraction of sp³-hybridized carbons (Fsp3) is 0.455. The van der Waals surface area contributed by atoms with Gasteiger partial charge in [-0.2, -0.15) is 0 Å². The van der Waals surface area contributed by atoms with E-state index < -0.39 is 4.92 Å². The van der Waals surface area contributed by atoms with Crippen LogP contribution in [0.15, 0.2) is 30.3 Å². The summed E-state index contributed by atoms with van der Waals surface area (Å²) in [6.45, 7) is 6.16. The molecule has 0 unspecified atom stereocenters. The predicted molar refractivity (Wildman–Crippen MR) is 60.1 cm³/mol. The van der Waals surface area contributed by atoms with Crippen LogP contribution < -0.4 is 0 Å². The Labute approximate surface area is 85.9 Å². The van der Waals surface area contributed by atoms with Crippen molar-refractivity contribution >= 4 is 0 Å². The highest BCUT2D eigenvalue weighted by atomic mass is 16.6. The Morgan fingerprint density at radius 2 is 1.57 bits per heavy atom. The molecule has 0 radical (unpaired) electrons. The molecule has 0 fully saturated rings. The van der Waals surface area contributed by atoms with Crippen molar-refractivity contribution in [2.24, 2.45) is 0 Å². The van der Waals surface area contributed by atoms with E-state index in [0.717, 1.165) is 13.5 Å². The van der Waals surface area contributed by atoms with Crippen molar-refractivity contribution in [2.45, 2.75) is 27.2 Å². The van der Waals surface area contributed by atoms with Crippen LogP contribution in [0.5, 0.6) is 0 Å². The number of nitrogens with zero attached hydrogens (tertiary/aromatic N) is 1. The molecule has 0 saturated heterocycles. The highest BCUT2D eigenvalue weighted by molar-refractivity contribution is 5.13. The number of benzene rings is 1. The minimum atomic E-state index is -0.500. The van der Waals surface area contributed by atoms with Crippen LogP contribution in [-0.4, -0.2) is 12.0 Å². The van der Waals surface area contributed by atoms with Crippen LogP contribution >= 0.6 is 0 Å². The van der Waals surface area contributed by atoms with Crippen molar-refractivity contribution in [3.05, 3.63) is 46.0 Å². The highest BCUT2D eigenvalue weighted by Gasteiger charge is 1.79. The molecule has 0 saturated carbocycles. The standard InChI is InChI=1S/C8H10.C2H6.CH3NO2/c1-2-8-6-4-3-5-7-8;1-2;1-2(3)4/h3-7H,2H2,1H3;1-2H3;1H3. The summed E-state index contributed by atoms with van der Waals surface area (Å²) >= 11 is 0. The van der Waals surface area contributed by atoms with E-state index in [1.165, 1.54) is 5.56 Å². The Morgan fingerprint density at radius 3 is 1.79 bits per heavy atom. The monoisotopic (exact) mass is 197 g/mol. The first-order valence-electron chi connectivity index (χ1n) is 4.78. The number of aryl methyl sites for hydroxylation is 1. The number of nitro groups is 1. The normalized spacial score (nSPS) is 7.43. The SMILES string of the molecule is CC.CCc1ccccc1.C[N+](=O)[O-]. The Bertz CT molecular complexity index is 218. The van der Waals surface area contributed by atoms with E-state index in [9.17, 15) is 0 Å². The first kappa shape index (κ1) is 15.1. The molecule has 1 aromatic carbocycles. The second-order valence-corrected chi connectivity index (χ2v) is 2.28. The molecular weight excluding hydrogens is 178 g/mol. The fourth-order valence-corrected chi connectivity index (χ4v) is 0.714. The van der Waals surface area contributed by atoms with Gasteiger partial charge in [0.15, 0.2) is 7.05 Å². The third kappa shape index (κ3) is 13.2. The molecule has 0 heterocycles. The molecule has 80 valence electrons. The first-order chi connectivity index (χ1) is 6.66. The van der Waals surface area contributed by atoms with Crippen molar-refractivity contribution in [3.8, 4) is 0 Å². The summed E-state index contributed by atoms with van der Waals surface area (Å²) in [5, 5.41) is 8.81. The maximum atomic E-state index is 8.81. The maximum Gasteiger partial charge on any atom is 0.194 e. The smallest absolute Gasteiger partial charge is 0.194 e. The van der Waals surface area contributed by atoms with Crippen molar-refractivity contribution < 1.29 is 4.92 Å². The Kier molecular flexibility index (Phi) is 12.5. The molecule has 0 spiro atoms. The first-order valence-corrected chi connectivity index (χ1v) is 4.78. The van der Waals surface area contributed by atoms with Crippen molar-refractivity contribution in [1.82, 2.24) is 0 Å².